The van der Waals surface area contributed by atoms with Gasteiger partial charge < -0.3 is 19.3 Å². The van der Waals surface area contributed by atoms with Crippen LogP contribution in [0.3, 0.4) is 0 Å². The molecule has 0 aliphatic carbocycles. The standard InChI is InChI=1S/C22H22ClN3O5/c1-12-24-25-22-18(9-10-19(27)28)31-20(14-5-4-6-17(29-2)21(14)30-3)15-11-13(23)7-8-16(15)26(12)22/h4-8,11,18,20H,9-10H2,1-3H3,(H,27,28)/t18-,20-/m1/s1. The van der Waals surface area contributed by atoms with Gasteiger partial charge in [0, 0.05) is 22.6 Å². The first-order valence-electron chi connectivity index (χ1n) is 9.74. The van der Waals surface area contributed by atoms with E-state index in [1.807, 2.05) is 35.8 Å². The van der Waals surface area contributed by atoms with Gasteiger partial charge in [0.05, 0.1) is 19.9 Å². The zero-order chi connectivity index (χ0) is 22.1. The highest BCUT2D eigenvalue weighted by Gasteiger charge is 2.35. The molecule has 1 aliphatic heterocycles. The predicted molar refractivity (Wildman–Crippen MR) is 113 cm³/mol. The fourth-order valence-electron chi connectivity index (χ4n) is 3.93. The van der Waals surface area contributed by atoms with Crippen molar-refractivity contribution in [2.24, 2.45) is 0 Å². The van der Waals surface area contributed by atoms with Crippen LogP contribution in [-0.4, -0.2) is 40.1 Å². The van der Waals surface area contributed by atoms with Crippen molar-refractivity contribution in [2.45, 2.75) is 32.0 Å². The number of para-hydroxylation sites is 1. The molecule has 1 aromatic heterocycles. The summed E-state index contributed by atoms with van der Waals surface area (Å²) in [4.78, 5) is 11.3. The fourth-order valence-corrected chi connectivity index (χ4v) is 4.11. The van der Waals surface area contributed by atoms with Gasteiger partial charge in [0.2, 0.25) is 0 Å². The SMILES string of the molecule is COc1cccc([C@H]2O[C@H](CCC(=O)O)c3nnc(C)n3-c3ccc(Cl)cc32)c1OC. The molecule has 4 rings (SSSR count). The number of rotatable bonds is 6. The molecule has 2 aromatic carbocycles. The zero-order valence-electron chi connectivity index (χ0n) is 17.3. The monoisotopic (exact) mass is 443 g/mol. The van der Waals surface area contributed by atoms with Crippen molar-refractivity contribution in [1.29, 1.82) is 0 Å². The highest BCUT2D eigenvalue weighted by atomic mass is 35.5. The first kappa shape index (κ1) is 21.1. The number of ether oxygens (including phenoxy) is 3. The van der Waals surface area contributed by atoms with Crippen molar-refractivity contribution >= 4 is 17.6 Å². The van der Waals surface area contributed by atoms with Crippen molar-refractivity contribution in [3.05, 3.63) is 64.2 Å². The Morgan fingerprint density at radius 1 is 1.19 bits per heavy atom. The average Bonchev–Trinajstić information content (AvgIpc) is 3.07. The van der Waals surface area contributed by atoms with Crippen molar-refractivity contribution in [3.8, 4) is 17.2 Å². The number of fused-ring (bicyclic) bond motifs is 3. The Morgan fingerprint density at radius 2 is 2.00 bits per heavy atom. The third-order valence-corrected chi connectivity index (χ3v) is 5.52. The van der Waals surface area contributed by atoms with E-state index in [0.29, 0.717) is 28.2 Å². The lowest BCUT2D eigenvalue weighted by atomic mass is 9.98. The van der Waals surface area contributed by atoms with Gasteiger partial charge in [-0.05, 0) is 37.6 Å². The molecule has 2 heterocycles. The normalized spacial score (nSPS) is 17.4. The minimum absolute atomic E-state index is 0.0738. The molecule has 1 N–H and O–H groups in total. The number of aromatic nitrogens is 3. The van der Waals surface area contributed by atoms with Gasteiger partial charge in [0.1, 0.15) is 18.0 Å². The van der Waals surface area contributed by atoms with Gasteiger partial charge >= 0.3 is 5.97 Å². The Balaban J connectivity index is 1.95. The zero-order valence-corrected chi connectivity index (χ0v) is 18.1. The molecule has 31 heavy (non-hydrogen) atoms. The fraction of sp³-hybridized carbons (Fsp3) is 0.318. The van der Waals surface area contributed by atoms with Crippen LogP contribution >= 0.6 is 11.6 Å². The second-order valence-corrected chi connectivity index (χ2v) is 7.60. The molecule has 3 aromatic rings. The molecule has 8 nitrogen and oxygen atoms in total. The first-order valence-corrected chi connectivity index (χ1v) is 10.1. The lowest BCUT2D eigenvalue weighted by Gasteiger charge is -2.24. The number of carbonyl (C=O) groups is 1. The van der Waals surface area contributed by atoms with E-state index in [-0.39, 0.29) is 12.8 Å². The minimum atomic E-state index is -0.910. The summed E-state index contributed by atoms with van der Waals surface area (Å²) in [5.74, 6) is 1.40. The molecule has 0 saturated carbocycles. The summed E-state index contributed by atoms with van der Waals surface area (Å²) in [6.45, 7) is 1.84. The number of methoxy groups -OCH3 is 2. The van der Waals surface area contributed by atoms with Crippen molar-refractivity contribution in [3.63, 3.8) is 0 Å². The maximum Gasteiger partial charge on any atom is 0.303 e. The van der Waals surface area contributed by atoms with Crippen LogP contribution in [0.15, 0.2) is 36.4 Å². The Hall–Kier alpha value is -3.10. The van der Waals surface area contributed by atoms with Crippen LogP contribution in [0.1, 0.15) is 47.8 Å². The van der Waals surface area contributed by atoms with Gasteiger partial charge in [-0.2, -0.15) is 0 Å². The molecule has 0 amide bonds. The van der Waals surface area contributed by atoms with Crippen LogP contribution in [0.5, 0.6) is 11.5 Å². The van der Waals surface area contributed by atoms with E-state index >= 15 is 0 Å². The van der Waals surface area contributed by atoms with E-state index in [1.54, 1.807) is 26.4 Å². The molecular formula is C22H22ClN3O5. The predicted octanol–water partition coefficient (Wildman–Crippen LogP) is 4.27. The van der Waals surface area contributed by atoms with E-state index in [1.165, 1.54) is 0 Å². The Morgan fingerprint density at radius 3 is 2.71 bits per heavy atom. The van der Waals surface area contributed by atoms with Crippen molar-refractivity contribution in [2.75, 3.05) is 14.2 Å². The van der Waals surface area contributed by atoms with E-state index in [2.05, 4.69) is 10.2 Å². The number of halogens is 1. The highest BCUT2D eigenvalue weighted by molar-refractivity contribution is 6.30. The third kappa shape index (κ3) is 3.84. The second-order valence-electron chi connectivity index (χ2n) is 7.16. The first-order chi connectivity index (χ1) is 14.9. The molecule has 0 unspecified atom stereocenters. The number of hydrogen-bond acceptors (Lipinski definition) is 6. The van der Waals surface area contributed by atoms with Gasteiger partial charge in [-0.25, -0.2) is 0 Å². The number of benzene rings is 2. The number of carboxylic acid groups (broad SMARTS) is 1. The molecule has 9 heteroatoms. The maximum atomic E-state index is 11.3. The second kappa shape index (κ2) is 8.56. The largest absolute Gasteiger partial charge is 0.493 e. The maximum absolute atomic E-state index is 11.3. The highest BCUT2D eigenvalue weighted by Crippen LogP contribution is 2.46. The molecule has 0 bridgehead atoms. The van der Waals surface area contributed by atoms with E-state index in [4.69, 9.17) is 25.8 Å². The summed E-state index contributed by atoms with van der Waals surface area (Å²) in [5, 5.41) is 18.3. The number of aliphatic carboxylic acids is 1. The van der Waals surface area contributed by atoms with Crippen LogP contribution in [0, 0.1) is 6.92 Å². The number of nitrogens with zero attached hydrogens (tertiary/aromatic N) is 3. The van der Waals surface area contributed by atoms with Gasteiger partial charge in [-0.15, -0.1) is 10.2 Å². The molecule has 0 saturated heterocycles. The van der Waals surface area contributed by atoms with Crippen LogP contribution in [-0.2, 0) is 9.53 Å². The summed E-state index contributed by atoms with van der Waals surface area (Å²) < 4.78 is 19.6. The van der Waals surface area contributed by atoms with Gasteiger partial charge in [0.25, 0.3) is 0 Å². The number of carboxylic acids is 1. The molecule has 1 aliphatic rings. The van der Waals surface area contributed by atoms with E-state index < -0.39 is 18.2 Å². The van der Waals surface area contributed by atoms with Gasteiger partial charge in [-0.3, -0.25) is 9.36 Å². The van der Waals surface area contributed by atoms with Crippen LogP contribution in [0.25, 0.3) is 5.69 Å². The molecule has 0 spiro atoms. The number of aryl methyl sites for hydroxylation is 1. The summed E-state index contributed by atoms with van der Waals surface area (Å²) in [6.07, 6.45) is -1.05. The lowest BCUT2D eigenvalue weighted by Crippen LogP contribution is -2.14. The molecule has 162 valence electrons. The van der Waals surface area contributed by atoms with Crippen molar-refractivity contribution in [1.82, 2.24) is 14.8 Å². The quantitative estimate of drug-likeness (QED) is 0.607. The Bertz CT molecular complexity index is 1130. The summed E-state index contributed by atoms with van der Waals surface area (Å²) >= 11 is 6.37. The van der Waals surface area contributed by atoms with E-state index in [9.17, 15) is 9.90 Å². The minimum Gasteiger partial charge on any atom is -0.493 e. The summed E-state index contributed by atoms with van der Waals surface area (Å²) in [5.41, 5.74) is 2.35. The van der Waals surface area contributed by atoms with Gasteiger partial charge in [-0.1, -0.05) is 23.7 Å². The summed E-state index contributed by atoms with van der Waals surface area (Å²) in [7, 11) is 3.14. The topological polar surface area (TPSA) is 95.7 Å². The lowest BCUT2D eigenvalue weighted by molar-refractivity contribution is -0.138. The number of hydrogen-bond donors (Lipinski definition) is 1. The average molecular weight is 444 g/mol. The van der Waals surface area contributed by atoms with Crippen LogP contribution in [0.2, 0.25) is 5.02 Å². The molecule has 0 radical (unpaired) electrons. The summed E-state index contributed by atoms with van der Waals surface area (Å²) in [6, 6.07) is 11.1. The smallest absolute Gasteiger partial charge is 0.303 e. The molecule has 0 fully saturated rings. The molecule has 2 atom stereocenters. The third-order valence-electron chi connectivity index (χ3n) is 5.29. The Kier molecular flexibility index (Phi) is 5.84. The Labute approximate surface area is 184 Å². The van der Waals surface area contributed by atoms with Crippen LogP contribution in [0.4, 0.5) is 0 Å². The van der Waals surface area contributed by atoms with Crippen molar-refractivity contribution < 1.29 is 24.1 Å². The van der Waals surface area contributed by atoms with E-state index in [0.717, 1.165) is 16.8 Å². The molecular weight excluding hydrogens is 422 g/mol. The van der Waals surface area contributed by atoms with Gasteiger partial charge in [0.15, 0.2) is 17.3 Å². The van der Waals surface area contributed by atoms with Crippen LogP contribution < -0.4 is 9.47 Å².